The molecule has 68 heavy (non-hydrogen) atoms. The summed E-state index contributed by atoms with van der Waals surface area (Å²) in [6.45, 7) is 4.72. The maximum Gasteiger partial charge on any atom is 0.143 e. The van der Waals surface area contributed by atoms with Crippen LogP contribution in [0.1, 0.15) is 47.2 Å². The number of anilines is 3. The highest BCUT2D eigenvalue weighted by molar-refractivity contribution is 6.16. The first-order chi connectivity index (χ1) is 33.5. The number of rotatable bonds is 4. The molecule has 0 atom stereocenters. The van der Waals surface area contributed by atoms with Crippen molar-refractivity contribution in [3.63, 3.8) is 0 Å². The van der Waals surface area contributed by atoms with Crippen LogP contribution in [0.4, 0.5) is 17.1 Å². The standard InChI is InChI=1S/C66H43NO/c1-65(2)56-25-10-5-20-47(56)53-37-43(32-34-57(53)65)67(42-31-30-40-16-3-4-17-41(40)36-42)62-35-33-44(50-23-15-24-51-49-22-9-14-29-63(49)68-64(50)51)52-39-61-54(38-55(52)62)48-21-8-13-28-60(48)66(61)58-26-11-6-18-45(58)46-19-7-12-27-59(46)66/h3-39H,1-2H3. The summed E-state index contributed by atoms with van der Waals surface area (Å²) in [5.41, 5.74) is 22.6. The van der Waals surface area contributed by atoms with Crippen LogP contribution in [0.2, 0.25) is 0 Å². The Morgan fingerprint density at radius 2 is 0.868 bits per heavy atom. The molecule has 0 unspecified atom stereocenters. The molecule has 0 radical (unpaired) electrons. The van der Waals surface area contributed by atoms with Crippen molar-refractivity contribution in [2.45, 2.75) is 24.7 Å². The first kappa shape index (κ1) is 37.7. The summed E-state index contributed by atoms with van der Waals surface area (Å²) in [6.07, 6.45) is 0. The fraction of sp³-hybridized carbons (Fsp3) is 0.0606. The highest BCUT2D eigenvalue weighted by atomic mass is 16.3. The molecule has 15 rings (SSSR count). The molecule has 0 fully saturated rings. The van der Waals surface area contributed by atoms with Crippen LogP contribution in [-0.2, 0) is 10.8 Å². The minimum atomic E-state index is -0.496. The first-order valence-corrected chi connectivity index (χ1v) is 23.8. The maximum absolute atomic E-state index is 6.85. The zero-order valence-corrected chi connectivity index (χ0v) is 37.7. The topological polar surface area (TPSA) is 16.4 Å². The molecule has 3 aliphatic carbocycles. The van der Waals surface area contributed by atoms with E-state index >= 15 is 0 Å². The van der Waals surface area contributed by atoms with Crippen molar-refractivity contribution >= 4 is 60.5 Å². The third-order valence-corrected chi connectivity index (χ3v) is 15.9. The van der Waals surface area contributed by atoms with Gasteiger partial charge in [-0.3, -0.25) is 0 Å². The second kappa shape index (κ2) is 13.6. The predicted octanol–water partition coefficient (Wildman–Crippen LogP) is 17.7. The van der Waals surface area contributed by atoms with E-state index in [9.17, 15) is 0 Å². The Morgan fingerprint density at radius 1 is 0.324 bits per heavy atom. The third kappa shape index (κ3) is 4.86. The molecule has 1 heterocycles. The van der Waals surface area contributed by atoms with Crippen LogP contribution in [0.5, 0.6) is 0 Å². The number of nitrogens with zero attached hydrogens (tertiary/aromatic N) is 1. The molecule has 0 saturated carbocycles. The van der Waals surface area contributed by atoms with Gasteiger partial charge in [-0.05, 0) is 137 Å². The molecule has 0 bridgehead atoms. The molecule has 2 heteroatoms. The van der Waals surface area contributed by atoms with Crippen LogP contribution in [-0.4, -0.2) is 0 Å². The smallest absolute Gasteiger partial charge is 0.143 e. The normalized spacial score (nSPS) is 14.3. The number of furan rings is 1. The van der Waals surface area contributed by atoms with Gasteiger partial charge in [0, 0.05) is 38.5 Å². The van der Waals surface area contributed by atoms with Gasteiger partial charge in [-0.2, -0.15) is 0 Å². The lowest BCUT2D eigenvalue weighted by Crippen LogP contribution is -2.25. The molecule has 1 spiro atoms. The van der Waals surface area contributed by atoms with Crippen molar-refractivity contribution in [1.82, 2.24) is 0 Å². The molecular weight excluding hydrogens is 823 g/mol. The highest BCUT2D eigenvalue weighted by Gasteiger charge is 2.51. The van der Waals surface area contributed by atoms with Crippen LogP contribution in [0.25, 0.3) is 88.0 Å². The van der Waals surface area contributed by atoms with Gasteiger partial charge in [0.15, 0.2) is 0 Å². The van der Waals surface area contributed by atoms with Crippen molar-refractivity contribution in [1.29, 1.82) is 0 Å². The Hall–Kier alpha value is -8.46. The van der Waals surface area contributed by atoms with Gasteiger partial charge in [0.2, 0.25) is 0 Å². The molecular formula is C66H43NO. The third-order valence-electron chi connectivity index (χ3n) is 15.9. The van der Waals surface area contributed by atoms with Crippen molar-refractivity contribution in [3.8, 4) is 44.5 Å². The SMILES string of the molecule is CC1(C)c2ccccc2-c2cc(N(c3ccc4ccccc4c3)c3ccc(-c4cccc5c4oc4ccccc45)c4cc5c(cc34)-c3ccccc3C53c4ccccc4-c4ccccc43)ccc21. The molecule has 12 aromatic rings. The van der Waals surface area contributed by atoms with Gasteiger partial charge in [-0.15, -0.1) is 0 Å². The van der Waals surface area contributed by atoms with Gasteiger partial charge in [0.1, 0.15) is 11.2 Å². The second-order valence-corrected chi connectivity index (χ2v) is 19.5. The number of para-hydroxylation sites is 2. The number of fused-ring (bicyclic) bond motifs is 18. The Morgan fingerprint density at radius 3 is 1.62 bits per heavy atom. The van der Waals surface area contributed by atoms with Gasteiger partial charge < -0.3 is 9.32 Å². The van der Waals surface area contributed by atoms with Crippen LogP contribution < -0.4 is 4.90 Å². The van der Waals surface area contributed by atoms with Gasteiger partial charge in [0.25, 0.3) is 0 Å². The molecule has 2 nitrogen and oxygen atoms in total. The zero-order valence-electron chi connectivity index (χ0n) is 37.7. The van der Waals surface area contributed by atoms with E-state index in [1.807, 2.05) is 0 Å². The van der Waals surface area contributed by atoms with E-state index in [0.717, 1.165) is 50.1 Å². The summed E-state index contributed by atoms with van der Waals surface area (Å²) in [6, 6.07) is 84.0. The molecule has 0 saturated heterocycles. The summed E-state index contributed by atoms with van der Waals surface area (Å²) < 4.78 is 6.85. The lowest BCUT2D eigenvalue weighted by molar-refractivity contribution is 0.660. The number of benzene rings is 11. The largest absolute Gasteiger partial charge is 0.455 e. The van der Waals surface area contributed by atoms with E-state index in [0.29, 0.717) is 0 Å². The van der Waals surface area contributed by atoms with Crippen LogP contribution >= 0.6 is 0 Å². The summed E-state index contributed by atoms with van der Waals surface area (Å²) >= 11 is 0. The monoisotopic (exact) mass is 865 g/mol. The summed E-state index contributed by atoms with van der Waals surface area (Å²) in [5, 5.41) is 7.03. The lowest BCUT2D eigenvalue weighted by Gasteiger charge is -2.31. The molecule has 318 valence electrons. The quantitative estimate of drug-likeness (QED) is 0.175. The van der Waals surface area contributed by atoms with E-state index in [1.54, 1.807) is 0 Å². The van der Waals surface area contributed by atoms with E-state index < -0.39 is 5.41 Å². The van der Waals surface area contributed by atoms with Gasteiger partial charge >= 0.3 is 0 Å². The molecule has 1 aromatic heterocycles. The van der Waals surface area contributed by atoms with E-state index in [1.165, 1.54) is 88.3 Å². The average Bonchev–Trinajstić information content (AvgIpc) is 4.08. The fourth-order valence-electron chi connectivity index (χ4n) is 12.9. The minimum Gasteiger partial charge on any atom is -0.455 e. The molecule has 0 N–H and O–H groups in total. The summed E-state index contributed by atoms with van der Waals surface area (Å²) in [4.78, 5) is 2.51. The van der Waals surface area contributed by atoms with Crippen molar-refractivity contribution < 1.29 is 4.42 Å². The van der Waals surface area contributed by atoms with E-state index in [2.05, 4.69) is 243 Å². The van der Waals surface area contributed by atoms with E-state index in [4.69, 9.17) is 4.42 Å². The van der Waals surface area contributed by atoms with Crippen LogP contribution in [0, 0.1) is 0 Å². The van der Waals surface area contributed by atoms with Gasteiger partial charge in [-0.1, -0.05) is 190 Å². The number of hydrogen-bond acceptors (Lipinski definition) is 2. The second-order valence-electron chi connectivity index (χ2n) is 19.5. The Bertz CT molecular complexity index is 4100. The van der Waals surface area contributed by atoms with Crippen molar-refractivity contribution in [3.05, 3.63) is 258 Å². The van der Waals surface area contributed by atoms with Crippen LogP contribution in [0.3, 0.4) is 0 Å². The Labute approximate surface area is 395 Å². The Kier molecular flexibility index (Phi) is 7.53. The van der Waals surface area contributed by atoms with Crippen LogP contribution in [0.15, 0.2) is 229 Å². The van der Waals surface area contributed by atoms with Crippen molar-refractivity contribution in [2.75, 3.05) is 4.90 Å². The van der Waals surface area contributed by atoms with E-state index in [-0.39, 0.29) is 5.41 Å². The zero-order chi connectivity index (χ0) is 44.9. The molecule has 0 aliphatic heterocycles. The van der Waals surface area contributed by atoms with Crippen molar-refractivity contribution in [2.24, 2.45) is 0 Å². The fourth-order valence-corrected chi connectivity index (χ4v) is 12.9. The molecule has 3 aliphatic rings. The van der Waals surface area contributed by atoms with Gasteiger partial charge in [-0.25, -0.2) is 0 Å². The molecule has 0 amide bonds. The molecule has 11 aromatic carbocycles. The maximum atomic E-state index is 6.85. The van der Waals surface area contributed by atoms with Gasteiger partial charge in [0.05, 0.1) is 11.1 Å². The highest BCUT2D eigenvalue weighted by Crippen LogP contribution is 2.64. The predicted molar refractivity (Wildman–Crippen MR) is 283 cm³/mol. The summed E-state index contributed by atoms with van der Waals surface area (Å²) in [7, 11) is 0. The first-order valence-electron chi connectivity index (χ1n) is 23.8. The Balaban J connectivity index is 1.07. The average molecular weight is 866 g/mol. The lowest BCUT2D eigenvalue weighted by atomic mass is 9.70. The summed E-state index contributed by atoms with van der Waals surface area (Å²) in [5.74, 6) is 0. The number of hydrogen-bond donors (Lipinski definition) is 0. The minimum absolute atomic E-state index is 0.106.